The standard InChI is InChI=1S/C20H15N3O3S/c1-2-17(24)23-15-10-20(16-11-21-12-27-16,13-6-4-3-5-7-13)9-8-14(15)18(22-23)19(25)26/h2-9,11-12H,1,10H2,(H,25,26). The Kier molecular flexibility index (Phi) is 4.08. The molecule has 134 valence electrons. The fourth-order valence-electron chi connectivity index (χ4n) is 3.47. The Labute approximate surface area is 159 Å². The molecule has 0 spiro atoms. The predicted octanol–water partition coefficient (Wildman–Crippen LogP) is 3.42. The van der Waals surface area contributed by atoms with Gasteiger partial charge in [-0.2, -0.15) is 9.78 Å². The summed E-state index contributed by atoms with van der Waals surface area (Å²) in [5.74, 6) is -1.63. The van der Waals surface area contributed by atoms with Crippen molar-refractivity contribution in [2.45, 2.75) is 11.8 Å². The summed E-state index contributed by atoms with van der Waals surface area (Å²) < 4.78 is 1.15. The van der Waals surface area contributed by atoms with Crippen LogP contribution in [0.5, 0.6) is 0 Å². The molecule has 2 aromatic heterocycles. The van der Waals surface area contributed by atoms with Crippen molar-refractivity contribution in [1.82, 2.24) is 14.8 Å². The smallest absolute Gasteiger partial charge is 0.357 e. The topological polar surface area (TPSA) is 85.1 Å². The minimum absolute atomic E-state index is 0.137. The molecular weight excluding hydrogens is 362 g/mol. The van der Waals surface area contributed by atoms with Gasteiger partial charge in [-0.25, -0.2) is 4.79 Å². The molecule has 1 aliphatic carbocycles. The van der Waals surface area contributed by atoms with E-state index in [1.165, 1.54) is 11.3 Å². The number of carboxylic acid groups (broad SMARTS) is 1. The zero-order valence-electron chi connectivity index (χ0n) is 14.2. The highest BCUT2D eigenvalue weighted by Crippen LogP contribution is 2.43. The van der Waals surface area contributed by atoms with Crippen LogP contribution in [0.25, 0.3) is 6.08 Å². The molecule has 1 atom stereocenters. The fraction of sp³-hybridized carbons (Fsp3) is 0.100. The molecule has 2 heterocycles. The van der Waals surface area contributed by atoms with E-state index >= 15 is 0 Å². The van der Waals surface area contributed by atoms with Gasteiger partial charge in [0.15, 0.2) is 5.69 Å². The number of allylic oxidation sites excluding steroid dienone is 2. The number of carboxylic acids is 1. The van der Waals surface area contributed by atoms with Crippen molar-refractivity contribution in [2.75, 3.05) is 0 Å². The van der Waals surface area contributed by atoms with Gasteiger partial charge in [0.2, 0.25) is 0 Å². The van der Waals surface area contributed by atoms with Crippen LogP contribution in [-0.2, 0) is 11.8 Å². The van der Waals surface area contributed by atoms with Gasteiger partial charge in [0.1, 0.15) is 0 Å². The molecule has 1 aliphatic rings. The Morgan fingerprint density at radius 1 is 1.30 bits per heavy atom. The highest BCUT2D eigenvalue weighted by atomic mass is 32.1. The fourth-order valence-corrected chi connectivity index (χ4v) is 4.29. The molecule has 0 amide bonds. The SMILES string of the molecule is C=CC(=O)n1nc(C(=O)O)c2c1CC(c1ccccc1)(c1cncs1)C=C2. The zero-order valence-corrected chi connectivity index (χ0v) is 15.0. The number of thiazole rings is 1. The molecule has 0 saturated heterocycles. The van der Waals surface area contributed by atoms with E-state index < -0.39 is 17.3 Å². The first-order valence-corrected chi connectivity index (χ1v) is 9.10. The second-order valence-corrected chi connectivity index (χ2v) is 7.07. The number of carbonyl (C=O) groups excluding carboxylic acids is 1. The molecule has 4 rings (SSSR count). The van der Waals surface area contributed by atoms with Gasteiger partial charge < -0.3 is 5.11 Å². The van der Waals surface area contributed by atoms with Crippen molar-refractivity contribution in [2.24, 2.45) is 0 Å². The zero-order chi connectivity index (χ0) is 19.0. The van der Waals surface area contributed by atoms with E-state index in [4.69, 9.17) is 0 Å². The van der Waals surface area contributed by atoms with Crippen molar-refractivity contribution in [3.05, 3.63) is 88.2 Å². The Bertz CT molecular complexity index is 1070. The van der Waals surface area contributed by atoms with Crippen LogP contribution >= 0.6 is 11.3 Å². The summed E-state index contributed by atoms with van der Waals surface area (Å²) >= 11 is 1.52. The highest BCUT2D eigenvalue weighted by Gasteiger charge is 2.40. The molecule has 6 nitrogen and oxygen atoms in total. The summed E-state index contributed by atoms with van der Waals surface area (Å²) in [6.07, 6.45) is 7.06. The van der Waals surface area contributed by atoms with E-state index in [2.05, 4.69) is 16.7 Å². The highest BCUT2D eigenvalue weighted by molar-refractivity contribution is 7.09. The molecule has 7 heteroatoms. The van der Waals surface area contributed by atoms with E-state index in [-0.39, 0.29) is 5.69 Å². The molecule has 3 aromatic rings. The van der Waals surface area contributed by atoms with E-state index in [0.29, 0.717) is 17.7 Å². The lowest BCUT2D eigenvalue weighted by atomic mass is 9.72. The molecule has 0 radical (unpaired) electrons. The minimum Gasteiger partial charge on any atom is -0.476 e. The van der Waals surface area contributed by atoms with Crippen molar-refractivity contribution in [3.8, 4) is 0 Å². The molecule has 0 aliphatic heterocycles. The maximum absolute atomic E-state index is 12.3. The molecule has 0 bridgehead atoms. The third-order valence-electron chi connectivity index (χ3n) is 4.75. The van der Waals surface area contributed by atoms with Gasteiger partial charge in [-0.15, -0.1) is 11.3 Å². The number of aromatic nitrogens is 3. The maximum atomic E-state index is 12.3. The normalized spacial score (nSPS) is 18.1. The summed E-state index contributed by atoms with van der Waals surface area (Å²) in [6.45, 7) is 3.50. The van der Waals surface area contributed by atoms with Crippen LogP contribution in [0.3, 0.4) is 0 Å². The van der Waals surface area contributed by atoms with E-state index in [1.807, 2.05) is 36.4 Å². The average Bonchev–Trinajstić information content (AvgIpc) is 3.36. The van der Waals surface area contributed by atoms with E-state index in [1.54, 1.807) is 17.8 Å². The summed E-state index contributed by atoms with van der Waals surface area (Å²) in [5, 5.41) is 13.5. The lowest BCUT2D eigenvalue weighted by molar-refractivity contribution is 0.0689. The summed E-state index contributed by atoms with van der Waals surface area (Å²) in [4.78, 5) is 29.1. The second-order valence-electron chi connectivity index (χ2n) is 6.18. The first kappa shape index (κ1) is 17.1. The van der Waals surface area contributed by atoms with Gasteiger partial charge in [0.25, 0.3) is 5.91 Å². The number of carbonyl (C=O) groups is 2. The quantitative estimate of drug-likeness (QED) is 0.704. The minimum atomic E-state index is -1.17. The average molecular weight is 377 g/mol. The summed E-state index contributed by atoms with van der Waals surface area (Å²) in [6, 6.07) is 9.88. The van der Waals surface area contributed by atoms with Gasteiger partial charge in [-0.05, 0) is 11.6 Å². The number of rotatable bonds is 4. The van der Waals surface area contributed by atoms with Crippen molar-refractivity contribution in [3.63, 3.8) is 0 Å². The van der Waals surface area contributed by atoms with Gasteiger partial charge in [0.05, 0.1) is 16.6 Å². The van der Waals surface area contributed by atoms with Crippen LogP contribution in [0.15, 0.2) is 60.8 Å². The van der Waals surface area contributed by atoms with Gasteiger partial charge in [0, 0.05) is 23.1 Å². The first-order valence-electron chi connectivity index (χ1n) is 8.22. The molecule has 27 heavy (non-hydrogen) atoms. The van der Waals surface area contributed by atoms with Crippen molar-refractivity contribution in [1.29, 1.82) is 0 Å². The second kappa shape index (κ2) is 6.44. The lowest BCUT2D eigenvalue weighted by Gasteiger charge is -2.33. The lowest BCUT2D eigenvalue weighted by Crippen LogP contribution is -2.31. The van der Waals surface area contributed by atoms with Crippen molar-refractivity contribution < 1.29 is 14.7 Å². The van der Waals surface area contributed by atoms with Crippen LogP contribution < -0.4 is 0 Å². The third-order valence-corrected chi connectivity index (χ3v) is 5.70. The molecular formula is C20H15N3O3S. The maximum Gasteiger partial charge on any atom is 0.357 e. The Balaban J connectivity index is 1.96. The van der Waals surface area contributed by atoms with E-state index in [0.717, 1.165) is 21.2 Å². The third kappa shape index (κ3) is 2.63. The number of benzene rings is 1. The summed E-state index contributed by atoms with van der Waals surface area (Å²) in [7, 11) is 0. The number of fused-ring (bicyclic) bond motifs is 1. The molecule has 1 N–H and O–H groups in total. The number of hydrogen-bond acceptors (Lipinski definition) is 5. The molecule has 0 saturated carbocycles. The van der Waals surface area contributed by atoms with Gasteiger partial charge in [-0.3, -0.25) is 9.78 Å². The van der Waals surface area contributed by atoms with Gasteiger partial charge >= 0.3 is 5.97 Å². The van der Waals surface area contributed by atoms with Crippen LogP contribution in [0.2, 0.25) is 0 Å². The van der Waals surface area contributed by atoms with Crippen LogP contribution in [0.4, 0.5) is 0 Å². The number of hydrogen-bond donors (Lipinski definition) is 1. The molecule has 1 aromatic carbocycles. The van der Waals surface area contributed by atoms with E-state index in [9.17, 15) is 14.7 Å². The predicted molar refractivity (Wildman–Crippen MR) is 102 cm³/mol. The van der Waals surface area contributed by atoms with Crippen LogP contribution in [-0.4, -0.2) is 31.7 Å². The summed E-state index contributed by atoms with van der Waals surface area (Å²) in [5.41, 5.74) is 3.11. The molecule has 1 unspecified atom stereocenters. The number of nitrogens with zero attached hydrogens (tertiary/aromatic N) is 3. The monoisotopic (exact) mass is 377 g/mol. The van der Waals surface area contributed by atoms with Gasteiger partial charge in [-0.1, -0.05) is 49.1 Å². The Hall–Kier alpha value is -3.32. The Morgan fingerprint density at radius 2 is 2.07 bits per heavy atom. The Morgan fingerprint density at radius 3 is 2.70 bits per heavy atom. The largest absolute Gasteiger partial charge is 0.476 e. The van der Waals surface area contributed by atoms with Crippen LogP contribution in [0.1, 0.15) is 37.0 Å². The van der Waals surface area contributed by atoms with Crippen molar-refractivity contribution >= 4 is 29.3 Å². The van der Waals surface area contributed by atoms with Crippen LogP contribution in [0, 0.1) is 0 Å². The number of aromatic carboxylic acids is 1. The molecule has 0 fully saturated rings. The first-order chi connectivity index (χ1) is 13.1.